The Balaban J connectivity index is 1.70. The monoisotopic (exact) mass is 503 g/mol. The third-order valence-electron chi connectivity index (χ3n) is 5.13. The highest BCUT2D eigenvalue weighted by Crippen LogP contribution is 2.35. The van der Waals surface area contributed by atoms with Gasteiger partial charge in [0.2, 0.25) is 21.8 Å². The van der Waals surface area contributed by atoms with Gasteiger partial charge in [0.15, 0.2) is 0 Å². The number of nitrogens with one attached hydrogen (secondary N) is 1. The van der Waals surface area contributed by atoms with Gasteiger partial charge in [0.1, 0.15) is 10.8 Å². The fraction of sp³-hybridized carbons (Fsp3) is 0.333. The van der Waals surface area contributed by atoms with Gasteiger partial charge >= 0.3 is 6.18 Å². The number of hydrogen-bond donors (Lipinski definition) is 1. The normalized spacial score (nSPS) is 19.7. The van der Waals surface area contributed by atoms with Gasteiger partial charge in [0, 0.05) is 24.8 Å². The number of sulfonamides is 1. The minimum absolute atomic E-state index is 0.0294. The molecule has 1 aliphatic rings. The lowest BCUT2D eigenvalue weighted by Crippen LogP contribution is -2.50. The highest BCUT2D eigenvalue weighted by Gasteiger charge is 2.35. The first-order valence-electron chi connectivity index (χ1n) is 9.87. The first kappa shape index (κ1) is 25.0. The lowest BCUT2D eigenvalue weighted by atomic mass is 10.0. The first-order valence-corrected chi connectivity index (χ1v) is 11.7. The van der Waals surface area contributed by atoms with Crippen molar-refractivity contribution in [2.24, 2.45) is 0 Å². The molecule has 1 N–H and O–H groups in total. The number of rotatable bonds is 6. The summed E-state index contributed by atoms with van der Waals surface area (Å²) >= 11 is 5.84. The number of ether oxygens (including phenoxy) is 1. The summed E-state index contributed by atoms with van der Waals surface area (Å²) < 4.78 is 71.1. The summed E-state index contributed by atoms with van der Waals surface area (Å²) in [5.74, 6) is -0.388. The largest absolute Gasteiger partial charge is 0.438 e. The molecule has 1 aromatic carbocycles. The second-order valence-corrected chi connectivity index (χ2v) is 9.78. The van der Waals surface area contributed by atoms with Gasteiger partial charge in [-0.25, -0.2) is 13.4 Å². The standard InChI is InChI=1S/C21H21ClF3N3O4S/c1-3-19(29)27-15-8-9-28(13(2)10-15)33(30,31)17-6-4-16(5-7-17)32-20-18(22)11-14(12-26-20)21(23,24)25/h3-7,11-13,15H,1,8-10H2,2H3,(H,27,29). The minimum Gasteiger partial charge on any atom is -0.438 e. The molecule has 0 radical (unpaired) electrons. The van der Waals surface area contributed by atoms with E-state index in [1.807, 2.05) is 0 Å². The summed E-state index contributed by atoms with van der Waals surface area (Å²) in [6, 6.07) is 5.61. The van der Waals surface area contributed by atoms with Crippen LogP contribution in [0.15, 0.2) is 54.1 Å². The summed E-state index contributed by atoms with van der Waals surface area (Å²) in [5, 5.41) is 2.45. The number of carbonyl (C=O) groups excluding carboxylic acids is 1. The molecule has 0 aliphatic carbocycles. The number of amides is 1. The van der Waals surface area contributed by atoms with Gasteiger partial charge in [-0.15, -0.1) is 0 Å². The molecule has 7 nitrogen and oxygen atoms in total. The van der Waals surface area contributed by atoms with Crippen molar-refractivity contribution in [1.29, 1.82) is 0 Å². The van der Waals surface area contributed by atoms with Crippen molar-refractivity contribution in [3.05, 3.63) is 59.8 Å². The molecule has 1 fully saturated rings. The summed E-state index contributed by atoms with van der Waals surface area (Å²) in [6.07, 6.45) is -1.90. The Morgan fingerprint density at radius 2 is 2.00 bits per heavy atom. The fourth-order valence-corrected chi connectivity index (χ4v) is 5.34. The number of alkyl halides is 3. The molecule has 178 valence electrons. The van der Waals surface area contributed by atoms with Crippen molar-refractivity contribution in [1.82, 2.24) is 14.6 Å². The summed E-state index contributed by atoms with van der Waals surface area (Å²) in [6.45, 7) is 5.40. The van der Waals surface area contributed by atoms with Crippen LogP contribution in [0.3, 0.4) is 0 Å². The van der Waals surface area contributed by atoms with Crippen molar-refractivity contribution < 1.29 is 31.1 Å². The zero-order valence-electron chi connectivity index (χ0n) is 17.5. The molecule has 1 aromatic heterocycles. The van der Waals surface area contributed by atoms with E-state index in [1.54, 1.807) is 6.92 Å². The molecule has 2 atom stereocenters. The van der Waals surface area contributed by atoms with Gasteiger partial charge in [-0.1, -0.05) is 18.2 Å². The van der Waals surface area contributed by atoms with Gasteiger partial charge in [-0.2, -0.15) is 17.5 Å². The van der Waals surface area contributed by atoms with Crippen LogP contribution in [0.1, 0.15) is 25.3 Å². The quantitative estimate of drug-likeness (QED) is 0.591. The second kappa shape index (κ2) is 9.70. The van der Waals surface area contributed by atoms with Crippen molar-refractivity contribution in [3.8, 4) is 11.6 Å². The number of carbonyl (C=O) groups is 1. The Kier molecular flexibility index (Phi) is 7.35. The molecule has 3 rings (SSSR count). The number of aromatic nitrogens is 1. The minimum atomic E-state index is -4.59. The molecule has 0 saturated carbocycles. The topological polar surface area (TPSA) is 88.6 Å². The highest BCUT2D eigenvalue weighted by molar-refractivity contribution is 7.89. The van der Waals surface area contributed by atoms with Gasteiger partial charge < -0.3 is 10.1 Å². The van der Waals surface area contributed by atoms with E-state index in [0.717, 1.165) is 0 Å². The van der Waals surface area contributed by atoms with Crippen molar-refractivity contribution in [2.75, 3.05) is 6.54 Å². The average molecular weight is 504 g/mol. The zero-order chi connectivity index (χ0) is 24.4. The smallest absolute Gasteiger partial charge is 0.417 e. The molecule has 1 saturated heterocycles. The van der Waals surface area contributed by atoms with E-state index in [-0.39, 0.29) is 46.1 Å². The van der Waals surface area contributed by atoms with Gasteiger partial charge in [0.25, 0.3) is 0 Å². The van der Waals surface area contributed by atoms with Crippen LogP contribution in [0.4, 0.5) is 13.2 Å². The highest BCUT2D eigenvalue weighted by atomic mass is 35.5. The SMILES string of the molecule is C=CC(=O)NC1CCN(S(=O)(=O)c2ccc(Oc3ncc(C(F)(F)F)cc3Cl)cc2)C(C)C1. The van der Waals surface area contributed by atoms with Crippen molar-refractivity contribution in [3.63, 3.8) is 0 Å². The lowest BCUT2D eigenvalue weighted by molar-refractivity contribution is -0.137. The first-order chi connectivity index (χ1) is 15.4. The summed E-state index contributed by atoms with van der Waals surface area (Å²) in [4.78, 5) is 15.1. The fourth-order valence-electron chi connectivity index (χ4n) is 3.48. The molecule has 2 aromatic rings. The van der Waals surface area contributed by atoms with Crippen molar-refractivity contribution in [2.45, 2.75) is 42.9 Å². The number of piperidine rings is 1. The second-order valence-electron chi connectivity index (χ2n) is 7.48. The molecule has 0 bridgehead atoms. The van der Waals surface area contributed by atoms with Crippen LogP contribution < -0.4 is 10.1 Å². The molecule has 2 unspecified atom stereocenters. The number of nitrogens with zero attached hydrogens (tertiary/aromatic N) is 2. The Morgan fingerprint density at radius 3 is 2.55 bits per heavy atom. The molecule has 1 aliphatic heterocycles. The van der Waals surface area contributed by atoms with Gasteiger partial charge in [-0.05, 0) is 56.2 Å². The number of pyridine rings is 1. The average Bonchev–Trinajstić information content (AvgIpc) is 2.74. The lowest BCUT2D eigenvalue weighted by Gasteiger charge is -2.36. The summed E-state index contributed by atoms with van der Waals surface area (Å²) in [5.41, 5.74) is -1.01. The zero-order valence-corrected chi connectivity index (χ0v) is 19.0. The third kappa shape index (κ3) is 5.84. The van der Waals surface area contributed by atoms with Crippen LogP contribution in [0.5, 0.6) is 11.6 Å². The van der Waals surface area contributed by atoms with Gasteiger partial charge in [0.05, 0.1) is 10.5 Å². The Labute approximate surface area is 194 Å². The predicted molar refractivity (Wildman–Crippen MR) is 115 cm³/mol. The summed E-state index contributed by atoms with van der Waals surface area (Å²) in [7, 11) is -3.81. The van der Waals surface area contributed by atoms with E-state index in [1.165, 1.54) is 34.6 Å². The van der Waals surface area contributed by atoms with Crippen LogP contribution in [0.2, 0.25) is 5.02 Å². The van der Waals surface area contributed by atoms with E-state index in [4.69, 9.17) is 16.3 Å². The van der Waals surface area contributed by atoms with E-state index in [0.29, 0.717) is 25.1 Å². The molecule has 33 heavy (non-hydrogen) atoms. The van der Waals surface area contributed by atoms with Crippen LogP contribution >= 0.6 is 11.6 Å². The molecular weight excluding hydrogens is 483 g/mol. The molecule has 0 spiro atoms. The number of hydrogen-bond acceptors (Lipinski definition) is 5. The van der Waals surface area contributed by atoms with Gasteiger partial charge in [-0.3, -0.25) is 4.79 Å². The maximum atomic E-state index is 13.1. The Hall–Kier alpha value is -2.63. The molecule has 1 amide bonds. The molecule has 12 heteroatoms. The van der Waals surface area contributed by atoms with E-state index in [2.05, 4.69) is 16.9 Å². The van der Waals surface area contributed by atoms with Crippen LogP contribution in [-0.2, 0) is 21.0 Å². The molecular formula is C21H21ClF3N3O4S. The third-order valence-corrected chi connectivity index (χ3v) is 7.43. The van der Waals surface area contributed by atoms with Crippen molar-refractivity contribution >= 4 is 27.5 Å². The van der Waals surface area contributed by atoms with Crippen LogP contribution in [-0.4, -0.2) is 42.2 Å². The predicted octanol–water partition coefficient (Wildman–Crippen LogP) is 4.39. The maximum absolute atomic E-state index is 13.1. The van der Waals surface area contributed by atoms with E-state index < -0.39 is 21.8 Å². The Bertz CT molecular complexity index is 1140. The maximum Gasteiger partial charge on any atom is 0.417 e. The van der Waals surface area contributed by atoms with Crippen LogP contribution in [0.25, 0.3) is 0 Å². The van der Waals surface area contributed by atoms with E-state index in [9.17, 15) is 26.4 Å². The Morgan fingerprint density at radius 1 is 1.33 bits per heavy atom. The number of benzene rings is 1. The molecule has 2 heterocycles. The van der Waals surface area contributed by atoms with E-state index >= 15 is 0 Å². The van der Waals surface area contributed by atoms with Crippen LogP contribution in [0, 0.1) is 0 Å². The number of halogens is 4.